The number of pyridine rings is 1. The Morgan fingerprint density at radius 3 is 2.74 bits per heavy atom. The van der Waals surface area contributed by atoms with E-state index in [0.717, 1.165) is 12.2 Å². The molecule has 19 heavy (non-hydrogen) atoms. The van der Waals surface area contributed by atoms with Crippen LogP contribution in [0.1, 0.15) is 6.42 Å². The van der Waals surface area contributed by atoms with Crippen LogP contribution in [-0.4, -0.2) is 11.2 Å². The average molecular weight is 323 g/mol. The Morgan fingerprint density at radius 2 is 2.00 bits per heavy atom. The summed E-state index contributed by atoms with van der Waals surface area (Å²) in [7, 11) is 0. The molecule has 2 rings (SSSR count). The summed E-state index contributed by atoms with van der Waals surface area (Å²) in [5.41, 5.74) is 6.19. The molecule has 1 heterocycles. The second-order valence-electron chi connectivity index (χ2n) is 4.13. The SMILES string of the molecule is Nc1cc(Br)c(=O)n(CCCOc2ccccc2)c1. The van der Waals surface area contributed by atoms with Crippen LogP contribution >= 0.6 is 15.9 Å². The Balaban J connectivity index is 1.88. The predicted molar refractivity (Wildman–Crippen MR) is 79.4 cm³/mol. The number of hydrogen-bond acceptors (Lipinski definition) is 3. The van der Waals surface area contributed by atoms with Gasteiger partial charge in [0.05, 0.1) is 11.1 Å². The lowest BCUT2D eigenvalue weighted by molar-refractivity contribution is 0.301. The van der Waals surface area contributed by atoms with Gasteiger partial charge in [-0.15, -0.1) is 0 Å². The van der Waals surface area contributed by atoms with Crippen LogP contribution in [0.5, 0.6) is 5.75 Å². The Bertz CT molecular complexity index is 596. The minimum absolute atomic E-state index is 0.0751. The van der Waals surface area contributed by atoms with Gasteiger partial charge in [-0.25, -0.2) is 0 Å². The molecule has 0 aliphatic carbocycles. The van der Waals surface area contributed by atoms with Gasteiger partial charge in [0.25, 0.3) is 5.56 Å². The van der Waals surface area contributed by atoms with Gasteiger partial charge in [0.1, 0.15) is 5.75 Å². The topological polar surface area (TPSA) is 57.2 Å². The highest BCUT2D eigenvalue weighted by molar-refractivity contribution is 9.10. The van der Waals surface area contributed by atoms with E-state index in [-0.39, 0.29) is 5.56 Å². The fourth-order valence-corrected chi connectivity index (χ4v) is 2.22. The van der Waals surface area contributed by atoms with Gasteiger partial charge in [-0.1, -0.05) is 18.2 Å². The van der Waals surface area contributed by atoms with Gasteiger partial charge >= 0.3 is 0 Å². The van der Waals surface area contributed by atoms with Crippen molar-refractivity contribution in [2.24, 2.45) is 0 Å². The van der Waals surface area contributed by atoms with Crippen LogP contribution in [0.3, 0.4) is 0 Å². The molecular weight excluding hydrogens is 308 g/mol. The van der Waals surface area contributed by atoms with Crippen molar-refractivity contribution < 1.29 is 4.74 Å². The summed E-state index contributed by atoms with van der Waals surface area (Å²) in [6.45, 7) is 1.14. The molecule has 5 heteroatoms. The van der Waals surface area contributed by atoms with E-state index in [1.165, 1.54) is 0 Å². The van der Waals surface area contributed by atoms with E-state index in [1.54, 1.807) is 16.8 Å². The molecule has 0 spiro atoms. The van der Waals surface area contributed by atoms with Gasteiger partial charge in [0.2, 0.25) is 0 Å². The third-order valence-electron chi connectivity index (χ3n) is 2.62. The molecule has 1 aromatic carbocycles. The van der Waals surface area contributed by atoms with Crippen molar-refractivity contribution in [3.63, 3.8) is 0 Å². The maximum atomic E-state index is 11.8. The van der Waals surface area contributed by atoms with E-state index >= 15 is 0 Å². The van der Waals surface area contributed by atoms with Crippen LogP contribution < -0.4 is 16.0 Å². The Labute approximate surface area is 119 Å². The zero-order chi connectivity index (χ0) is 13.7. The normalized spacial score (nSPS) is 10.4. The molecule has 0 saturated carbocycles. The second kappa shape index (κ2) is 6.43. The number of anilines is 1. The summed E-state index contributed by atoms with van der Waals surface area (Å²) < 4.78 is 7.64. The predicted octanol–water partition coefficient (Wildman–Crippen LogP) is 2.66. The van der Waals surface area contributed by atoms with Gasteiger partial charge in [-0.3, -0.25) is 4.79 Å². The molecule has 100 valence electrons. The van der Waals surface area contributed by atoms with E-state index in [9.17, 15) is 4.79 Å². The first kappa shape index (κ1) is 13.7. The Hall–Kier alpha value is -1.75. The maximum absolute atomic E-state index is 11.8. The first-order valence-corrected chi connectivity index (χ1v) is 6.79. The minimum Gasteiger partial charge on any atom is -0.494 e. The van der Waals surface area contributed by atoms with Crippen LogP contribution in [0.4, 0.5) is 5.69 Å². The van der Waals surface area contributed by atoms with Gasteiger partial charge < -0.3 is 15.0 Å². The average Bonchev–Trinajstić information content (AvgIpc) is 2.41. The standard InChI is InChI=1S/C14H15BrN2O2/c15-13-9-11(16)10-17(14(13)18)7-4-8-19-12-5-2-1-3-6-12/h1-3,5-6,9-10H,4,7-8,16H2. The van der Waals surface area contributed by atoms with E-state index in [1.807, 2.05) is 30.3 Å². The van der Waals surface area contributed by atoms with Gasteiger partial charge in [-0.2, -0.15) is 0 Å². The van der Waals surface area contributed by atoms with Crippen molar-refractivity contribution in [2.75, 3.05) is 12.3 Å². The molecule has 1 aromatic heterocycles. The highest BCUT2D eigenvalue weighted by Crippen LogP contribution is 2.10. The van der Waals surface area contributed by atoms with Crippen LogP contribution in [0.25, 0.3) is 0 Å². The first-order chi connectivity index (χ1) is 9.16. The summed E-state index contributed by atoms with van der Waals surface area (Å²) in [4.78, 5) is 11.8. The van der Waals surface area contributed by atoms with Crippen molar-refractivity contribution in [3.8, 4) is 5.75 Å². The summed E-state index contributed by atoms with van der Waals surface area (Å²) >= 11 is 3.20. The molecule has 0 fully saturated rings. The number of benzene rings is 1. The van der Waals surface area contributed by atoms with E-state index in [0.29, 0.717) is 23.3 Å². The molecule has 2 aromatic rings. The molecule has 0 unspecified atom stereocenters. The fourth-order valence-electron chi connectivity index (χ4n) is 1.73. The minimum atomic E-state index is -0.0751. The third-order valence-corrected chi connectivity index (χ3v) is 3.19. The molecule has 0 saturated heterocycles. The van der Waals surface area contributed by atoms with Crippen molar-refractivity contribution in [3.05, 3.63) is 57.4 Å². The number of aromatic nitrogens is 1. The quantitative estimate of drug-likeness (QED) is 0.861. The van der Waals surface area contributed by atoms with Crippen LogP contribution in [0.2, 0.25) is 0 Å². The Morgan fingerprint density at radius 1 is 1.26 bits per heavy atom. The van der Waals surface area contributed by atoms with Crippen molar-refractivity contribution in [1.82, 2.24) is 4.57 Å². The highest BCUT2D eigenvalue weighted by atomic mass is 79.9. The van der Waals surface area contributed by atoms with Gasteiger partial charge in [0, 0.05) is 18.4 Å². The van der Waals surface area contributed by atoms with Crippen molar-refractivity contribution in [2.45, 2.75) is 13.0 Å². The first-order valence-electron chi connectivity index (χ1n) is 6.00. The number of para-hydroxylation sites is 1. The lowest BCUT2D eigenvalue weighted by Gasteiger charge is -2.09. The number of ether oxygens (including phenoxy) is 1. The van der Waals surface area contributed by atoms with Crippen molar-refractivity contribution in [1.29, 1.82) is 0 Å². The molecule has 2 N–H and O–H groups in total. The molecule has 0 radical (unpaired) electrons. The third kappa shape index (κ3) is 3.86. The number of nitrogens with two attached hydrogens (primary N) is 1. The molecule has 0 amide bonds. The lowest BCUT2D eigenvalue weighted by Crippen LogP contribution is -2.21. The summed E-state index contributed by atoms with van der Waals surface area (Å²) in [5.74, 6) is 0.837. The lowest BCUT2D eigenvalue weighted by atomic mass is 10.3. The number of rotatable bonds is 5. The van der Waals surface area contributed by atoms with E-state index in [2.05, 4.69) is 15.9 Å². The number of halogens is 1. The number of hydrogen-bond donors (Lipinski definition) is 1. The summed E-state index contributed by atoms with van der Waals surface area (Å²) in [6.07, 6.45) is 2.39. The molecule has 4 nitrogen and oxygen atoms in total. The molecule has 0 bridgehead atoms. The molecule has 0 aliphatic rings. The number of nitrogen functional groups attached to an aromatic ring is 1. The number of aryl methyl sites for hydroxylation is 1. The number of nitrogens with zero attached hydrogens (tertiary/aromatic N) is 1. The van der Waals surface area contributed by atoms with Crippen LogP contribution in [-0.2, 0) is 6.54 Å². The van der Waals surface area contributed by atoms with E-state index in [4.69, 9.17) is 10.5 Å². The van der Waals surface area contributed by atoms with Crippen molar-refractivity contribution >= 4 is 21.6 Å². The summed E-state index contributed by atoms with van der Waals surface area (Å²) in [5, 5.41) is 0. The van der Waals surface area contributed by atoms with Gasteiger partial charge in [-0.05, 0) is 40.5 Å². The molecule has 0 aliphatic heterocycles. The smallest absolute Gasteiger partial charge is 0.264 e. The van der Waals surface area contributed by atoms with E-state index < -0.39 is 0 Å². The monoisotopic (exact) mass is 322 g/mol. The second-order valence-corrected chi connectivity index (χ2v) is 4.99. The fraction of sp³-hybridized carbons (Fsp3) is 0.214. The molecule has 0 atom stereocenters. The van der Waals surface area contributed by atoms with Gasteiger partial charge in [0.15, 0.2) is 0 Å². The molecular formula is C14H15BrN2O2. The Kier molecular flexibility index (Phi) is 4.63. The zero-order valence-corrected chi connectivity index (χ0v) is 12.0. The summed E-state index contributed by atoms with van der Waals surface area (Å²) in [6, 6.07) is 11.2. The largest absolute Gasteiger partial charge is 0.494 e. The maximum Gasteiger partial charge on any atom is 0.264 e. The van der Waals surface area contributed by atoms with Crippen LogP contribution in [0.15, 0.2) is 51.9 Å². The highest BCUT2D eigenvalue weighted by Gasteiger charge is 2.02. The zero-order valence-electron chi connectivity index (χ0n) is 10.4. The van der Waals surface area contributed by atoms with Crippen LogP contribution in [0, 0.1) is 0 Å².